The highest BCUT2D eigenvalue weighted by molar-refractivity contribution is 6.03. The van der Waals surface area contributed by atoms with E-state index in [1.165, 1.54) is 31.3 Å². The summed E-state index contributed by atoms with van der Waals surface area (Å²) in [4.78, 5) is 31.1. The number of halogens is 3. The topological polar surface area (TPSA) is 98.2 Å². The van der Waals surface area contributed by atoms with Gasteiger partial charge in [-0.15, -0.1) is 0 Å². The second-order valence-electron chi connectivity index (χ2n) is 9.17. The Hall–Kier alpha value is -3.18. The zero-order valence-electron chi connectivity index (χ0n) is 21.0. The number of carboxylic acid groups (broad SMARTS) is 1. The highest BCUT2D eigenvalue weighted by atomic mass is 19.4. The van der Waals surface area contributed by atoms with Crippen LogP contribution in [0.1, 0.15) is 48.5 Å². The number of aromatic nitrogens is 1. The number of alkyl halides is 3. The summed E-state index contributed by atoms with van der Waals surface area (Å²) < 4.78 is 56.1. The summed E-state index contributed by atoms with van der Waals surface area (Å²) in [5.41, 5.74) is -1.32. The molecule has 1 amide bonds. The number of carbonyl (C=O) groups is 2. The molecule has 11 heteroatoms. The molecule has 0 saturated heterocycles. The number of nitrogens with zero attached hydrogens (tertiary/aromatic N) is 2. The Kier molecular flexibility index (Phi) is 9.50. The van der Waals surface area contributed by atoms with Gasteiger partial charge in [0.15, 0.2) is 0 Å². The molecule has 37 heavy (non-hydrogen) atoms. The maximum absolute atomic E-state index is 13.8. The van der Waals surface area contributed by atoms with Gasteiger partial charge in [0.25, 0.3) is 0 Å². The lowest BCUT2D eigenvalue weighted by atomic mass is 9.82. The molecular weight excluding hydrogens is 493 g/mol. The predicted octanol–water partition coefficient (Wildman–Crippen LogP) is 5.41. The van der Waals surface area contributed by atoms with Gasteiger partial charge in [0.05, 0.1) is 30.5 Å². The van der Waals surface area contributed by atoms with Gasteiger partial charge in [-0.25, -0.2) is 9.78 Å². The molecule has 1 aromatic heterocycles. The van der Waals surface area contributed by atoms with Crippen molar-refractivity contribution in [1.82, 2.24) is 4.98 Å². The first-order chi connectivity index (χ1) is 17.6. The lowest BCUT2D eigenvalue weighted by Gasteiger charge is -2.36. The largest absolute Gasteiger partial charge is 0.478 e. The Labute approximate surface area is 213 Å². The normalized spacial score (nSPS) is 18.0. The zero-order valence-corrected chi connectivity index (χ0v) is 21.0. The number of hydrogen-bond donors (Lipinski definition) is 1. The molecule has 0 unspecified atom stereocenters. The minimum Gasteiger partial charge on any atom is -0.478 e. The molecular formula is C26H31F3N2O6. The van der Waals surface area contributed by atoms with Crippen LogP contribution in [0, 0.1) is 11.8 Å². The first kappa shape index (κ1) is 28.4. The summed E-state index contributed by atoms with van der Waals surface area (Å²) in [6.07, 6.45) is -0.462. The number of anilines is 1. The standard InChI is InChI=1S/C26H31F3N2O6/c1-16-6-8-17(9-7-16)24(32)31(18(14-35-2)15-36-3)22-11-10-19(13-20(22)25(33)34)37-23-21(26(27,28)29)5-4-12-30-23/h4-5,10-13,16-18H,6-9,14-15H2,1-3H3,(H,33,34)/t16-,17-. The SMILES string of the molecule is COCC(COC)N(c1ccc(Oc2ncccc2C(F)(F)F)cc1C(=O)O)C(=O)[C@H]1CC[C@H](C)CC1. The van der Waals surface area contributed by atoms with Crippen molar-refractivity contribution in [3.63, 3.8) is 0 Å². The van der Waals surface area contributed by atoms with E-state index in [-0.39, 0.29) is 42.0 Å². The Morgan fingerprint density at radius 1 is 1.11 bits per heavy atom. The average Bonchev–Trinajstić information content (AvgIpc) is 2.85. The number of amides is 1. The summed E-state index contributed by atoms with van der Waals surface area (Å²) >= 11 is 0. The minimum atomic E-state index is -4.71. The van der Waals surface area contributed by atoms with Crippen LogP contribution in [0.5, 0.6) is 11.6 Å². The van der Waals surface area contributed by atoms with Crippen molar-refractivity contribution in [2.24, 2.45) is 11.8 Å². The third kappa shape index (κ3) is 6.98. The number of rotatable bonds is 10. The molecule has 1 aliphatic carbocycles. The van der Waals surface area contributed by atoms with Crippen LogP contribution in [0.3, 0.4) is 0 Å². The Bertz CT molecular complexity index is 1080. The summed E-state index contributed by atoms with van der Waals surface area (Å²) in [6.45, 7) is 2.30. The fraction of sp³-hybridized carbons (Fsp3) is 0.500. The van der Waals surface area contributed by atoms with Crippen LogP contribution in [0.15, 0.2) is 36.5 Å². The second-order valence-corrected chi connectivity index (χ2v) is 9.17. The van der Waals surface area contributed by atoms with Crippen LogP contribution in [0.4, 0.5) is 18.9 Å². The zero-order chi connectivity index (χ0) is 27.2. The molecule has 0 atom stereocenters. The third-order valence-corrected chi connectivity index (χ3v) is 6.43. The van der Waals surface area contributed by atoms with Crippen molar-refractivity contribution in [3.05, 3.63) is 47.7 Å². The monoisotopic (exact) mass is 524 g/mol. The van der Waals surface area contributed by atoms with Gasteiger partial charge < -0.3 is 24.2 Å². The molecule has 202 valence electrons. The molecule has 0 radical (unpaired) electrons. The lowest BCUT2D eigenvalue weighted by molar-refractivity contribution is -0.138. The molecule has 1 N–H and O–H groups in total. The fourth-order valence-corrected chi connectivity index (χ4v) is 4.54. The van der Waals surface area contributed by atoms with Gasteiger partial charge in [0, 0.05) is 26.3 Å². The Balaban J connectivity index is 2.04. The lowest BCUT2D eigenvalue weighted by Crippen LogP contribution is -2.49. The van der Waals surface area contributed by atoms with Crippen molar-refractivity contribution in [1.29, 1.82) is 0 Å². The van der Waals surface area contributed by atoms with Gasteiger partial charge in [-0.2, -0.15) is 13.2 Å². The summed E-state index contributed by atoms with van der Waals surface area (Å²) in [7, 11) is 2.93. The number of pyridine rings is 1. The van der Waals surface area contributed by atoms with Crippen LogP contribution in [0.2, 0.25) is 0 Å². The Morgan fingerprint density at radius 3 is 2.32 bits per heavy atom. The van der Waals surface area contributed by atoms with Crippen LogP contribution >= 0.6 is 0 Å². The second kappa shape index (κ2) is 12.4. The van der Waals surface area contributed by atoms with Gasteiger partial charge in [-0.05, 0) is 61.9 Å². The molecule has 1 heterocycles. The van der Waals surface area contributed by atoms with Gasteiger partial charge in [-0.1, -0.05) is 6.92 Å². The molecule has 8 nitrogen and oxygen atoms in total. The molecule has 1 aliphatic rings. The van der Waals surface area contributed by atoms with Crippen molar-refractivity contribution >= 4 is 17.6 Å². The van der Waals surface area contributed by atoms with E-state index in [0.717, 1.165) is 37.2 Å². The van der Waals surface area contributed by atoms with Gasteiger partial charge in [-0.3, -0.25) is 4.79 Å². The minimum absolute atomic E-state index is 0.0830. The molecule has 2 aromatic rings. The van der Waals surface area contributed by atoms with E-state index < -0.39 is 29.6 Å². The highest BCUT2D eigenvalue weighted by Crippen LogP contribution is 2.38. The molecule has 1 saturated carbocycles. The average molecular weight is 525 g/mol. The molecule has 1 fully saturated rings. The van der Waals surface area contributed by atoms with Crippen molar-refractivity contribution < 1.29 is 42.1 Å². The van der Waals surface area contributed by atoms with E-state index in [9.17, 15) is 27.9 Å². The number of carbonyl (C=O) groups excluding carboxylic acids is 1. The van der Waals surface area contributed by atoms with Crippen LogP contribution in [0.25, 0.3) is 0 Å². The van der Waals surface area contributed by atoms with E-state index in [4.69, 9.17) is 14.2 Å². The number of hydrogen-bond acceptors (Lipinski definition) is 6. The van der Waals surface area contributed by atoms with E-state index >= 15 is 0 Å². The smallest absolute Gasteiger partial charge is 0.421 e. The third-order valence-electron chi connectivity index (χ3n) is 6.43. The summed E-state index contributed by atoms with van der Waals surface area (Å²) in [5.74, 6) is -2.29. The number of benzene rings is 1. The maximum atomic E-state index is 13.8. The van der Waals surface area contributed by atoms with Crippen LogP contribution in [-0.4, -0.2) is 55.4 Å². The quantitative estimate of drug-likeness (QED) is 0.444. The highest BCUT2D eigenvalue weighted by Gasteiger charge is 2.37. The van der Waals surface area contributed by atoms with Crippen molar-refractivity contribution in [2.45, 2.75) is 44.8 Å². The number of ether oxygens (including phenoxy) is 3. The maximum Gasteiger partial charge on any atom is 0.421 e. The van der Waals surface area contributed by atoms with Gasteiger partial charge >= 0.3 is 12.1 Å². The number of carboxylic acids is 1. The van der Waals surface area contributed by atoms with Gasteiger partial charge in [0.1, 0.15) is 11.3 Å². The first-order valence-corrected chi connectivity index (χ1v) is 11.9. The molecule has 1 aromatic carbocycles. The van der Waals surface area contributed by atoms with E-state index in [2.05, 4.69) is 11.9 Å². The van der Waals surface area contributed by atoms with Crippen molar-refractivity contribution in [2.75, 3.05) is 32.3 Å². The predicted molar refractivity (Wildman–Crippen MR) is 129 cm³/mol. The molecule has 0 spiro atoms. The summed E-state index contributed by atoms with van der Waals surface area (Å²) in [5, 5.41) is 10.0. The fourth-order valence-electron chi connectivity index (χ4n) is 4.54. The first-order valence-electron chi connectivity index (χ1n) is 11.9. The van der Waals surface area contributed by atoms with Crippen molar-refractivity contribution in [3.8, 4) is 11.6 Å². The van der Waals surface area contributed by atoms with Crippen LogP contribution < -0.4 is 9.64 Å². The van der Waals surface area contributed by atoms with E-state index in [1.54, 1.807) is 0 Å². The van der Waals surface area contributed by atoms with E-state index in [0.29, 0.717) is 18.8 Å². The van der Waals surface area contributed by atoms with E-state index in [1.807, 2.05) is 0 Å². The number of aromatic carboxylic acids is 1. The van der Waals surface area contributed by atoms with Crippen LogP contribution in [-0.2, 0) is 20.4 Å². The molecule has 0 aliphatic heterocycles. The van der Waals surface area contributed by atoms with Gasteiger partial charge in [0.2, 0.25) is 11.8 Å². The summed E-state index contributed by atoms with van der Waals surface area (Å²) in [6, 6.07) is 5.09. The Morgan fingerprint density at radius 2 is 1.76 bits per heavy atom. The molecule has 3 rings (SSSR count). The number of methoxy groups -OCH3 is 2. The molecule has 0 bridgehead atoms.